The van der Waals surface area contributed by atoms with Gasteiger partial charge in [-0.05, 0) is 30.0 Å². The predicted molar refractivity (Wildman–Crippen MR) is 122 cm³/mol. The summed E-state index contributed by atoms with van der Waals surface area (Å²) in [6.07, 6.45) is 1.37. The maximum absolute atomic E-state index is 13.5. The van der Waals surface area contributed by atoms with Crippen LogP contribution in [0, 0.1) is 11.3 Å². The smallest absolute Gasteiger partial charge is 0.260 e. The maximum atomic E-state index is 13.5. The van der Waals surface area contributed by atoms with Crippen molar-refractivity contribution in [1.82, 2.24) is 14.5 Å². The van der Waals surface area contributed by atoms with E-state index in [0.29, 0.717) is 22.8 Å². The number of benzene rings is 2. The van der Waals surface area contributed by atoms with Crippen molar-refractivity contribution < 1.29 is 0 Å². The zero-order chi connectivity index (χ0) is 22.0. The van der Waals surface area contributed by atoms with Gasteiger partial charge in [0.05, 0.1) is 29.2 Å². The molecule has 31 heavy (non-hydrogen) atoms. The van der Waals surface area contributed by atoms with Crippen LogP contribution in [0.5, 0.6) is 0 Å². The van der Waals surface area contributed by atoms with E-state index in [2.05, 4.69) is 21.4 Å². The second-order valence-corrected chi connectivity index (χ2v) is 7.53. The first-order valence-corrected chi connectivity index (χ1v) is 10.0. The molecule has 4 rings (SSSR count). The third kappa shape index (κ3) is 4.06. The van der Waals surface area contributed by atoms with Crippen molar-refractivity contribution in [3.8, 4) is 6.07 Å². The van der Waals surface area contributed by atoms with E-state index >= 15 is 0 Å². The van der Waals surface area contributed by atoms with E-state index < -0.39 is 0 Å². The maximum Gasteiger partial charge on any atom is 0.260 e. The van der Waals surface area contributed by atoms with Crippen LogP contribution >= 0.6 is 11.6 Å². The fourth-order valence-corrected chi connectivity index (χ4v) is 3.79. The van der Waals surface area contributed by atoms with Crippen LogP contribution < -0.4 is 16.6 Å². The zero-order valence-electron chi connectivity index (χ0n) is 16.7. The molecule has 0 aliphatic heterocycles. The van der Waals surface area contributed by atoms with Gasteiger partial charge in [0, 0.05) is 5.69 Å². The Morgan fingerprint density at radius 1 is 1.23 bits per heavy atom. The largest absolute Gasteiger partial charge is 0.368 e. The zero-order valence-corrected chi connectivity index (χ0v) is 17.5. The van der Waals surface area contributed by atoms with Gasteiger partial charge in [0.25, 0.3) is 5.56 Å². The molecule has 1 unspecified atom stereocenters. The van der Waals surface area contributed by atoms with Crippen LogP contribution in [0.2, 0.25) is 5.02 Å². The predicted octanol–water partition coefficient (Wildman–Crippen LogP) is 4.12. The molecule has 7 nitrogen and oxygen atoms in total. The number of hydrogen-bond acceptors (Lipinski definition) is 6. The van der Waals surface area contributed by atoms with Gasteiger partial charge in [-0.1, -0.05) is 54.1 Å². The van der Waals surface area contributed by atoms with Crippen LogP contribution in [0.4, 0.5) is 11.8 Å². The lowest BCUT2D eigenvalue weighted by molar-refractivity contribution is 0.670. The van der Waals surface area contributed by atoms with E-state index in [1.54, 1.807) is 10.6 Å². The van der Waals surface area contributed by atoms with Gasteiger partial charge < -0.3 is 15.6 Å². The monoisotopic (exact) mass is 430 g/mol. The van der Waals surface area contributed by atoms with Gasteiger partial charge >= 0.3 is 0 Å². The van der Waals surface area contributed by atoms with Crippen molar-refractivity contribution in [2.75, 3.05) is 11.1 Å². The molecule has 2 aromatic carbocycles. The fraction of sp³-hybridized carbons (Fsp3) is 0.130. The highest BCUT2D eigenvalue weighted by molar-refractivity contribution is 6.35. The molecule has 0 fully saturated rings. The van der Waals surface area contributed by atoms with E-state index in [0.717, 1.165) is 16.6 Å². The molecule has 154 valence electrons. The Labute approximate surface area is 183 Å². The van der Waals surface area contributed by atoms with Crippen molar-refractivity contribution in [2.45, 2.75) is 19.5 Å². The van der Waals surface area contributed by atoms with Crippen LogP contribution in [0.15, 0.2) is 65.6 Å². The molecular weight excluding hydrogens is 412 g/mol. The molecular formula is C23H19ClN6O. The number of nitrogens with one attached hydrogen (secondary N) is 1. The van der Waals surface area contributed by atoms with Gasteiger partial charge in [-0.3, -0.25) is 4.79 Å². The number of rotatable bonds is 5. The molecule has 1 atom stereocenters. The molecule has 0 aliphatic carbocycles. The summed E-state index contributed by atoms with van der Waals surface area (Å²) < 4.78 is 1.69. The fourth-order valence-electron chi connectivity index (χ4n) is 3.53. The first-order valence-electron chi connectivity index (χ1n) is 9.63. The summed E-state index contributed by atoms with van der Waals surface area (Å²) in [6.45, 7) is 2.27. The Kier molecular flexibility index (Phi) is 5.56. The summed E-state index contributed by atoms with van der Waals surface area (Å²) in [6, 6.07) is 18.7. The number of nitrogen functional groups attached to an aromatic ring is 1. The average Bonchev–Trinajstić information content (AvgIpc) is 2.76. The van der Waals surface area contributed by atoms with E-state index in [1.165, 1.54) is 6.20 Å². The van der Waals surface area contributed by atoms with E-state index in [4.69, 9.17) is 17.3 Å². The Hall–Kier alpha value is -3.89. The van der Waals surface area contributed by atoms with E-state index in [-0.39, 0.29) is 23.1 Å². The highest BCUT2D eigenvalue weighted by atomic mass is 35.5. The number of aromatic nitrogens is 3. The number of nitrogens with zero attached hydrogens (tertiary/aromatic N) is 4. The third-order valence-electron chi connectivity index (χ3n) is 5.03. The summed E-state index contributed by atoms with van der Waals surface area (Å²) in [5.74, 6) is 0.369. The van der Waals surface area contributed by atoms with Crippen molar-refractivity contribution in [3.63, 3.8) is 0 Å². The van der Waals surface area contributed by atoms with Crippen molar-refractivity contribution in [1.29, 1.82) is 5.26 Å². The summed E-state index contributed by atoms with van der Waals surface area (Å²) in [7, 11) is 0. The number of nitriles is 1. The minimum absolute atomic E-state index is 0.0562. The number of halogens is 1. The number of nitrogens with two attached hydrogens (primary N) is 1. The molecule has 0 saturated carbocycles. The van der Waals surface area contributed by atoms with Crippen LogP contribution in [0.1, 0.15) is 29.8 Å². The molecule has 0 bridgehead atoms. The highest BCUT2D eigenvalue weighted by Gasteiger charge is 2.18. The topological polar surface area (TPSA) is 110 Å². The summed E-state index contributed by atoms with van der Waals surface area (Å²) in [5, 5.41) is 14.2. The molecule has 0 spiro atoms. The Morgan fingerprint density at radius 3 is 2.74 bits per heavy atom. The van der Waals surface area contributed by atoms with Gasteiger partial charge in [-0.15, -0.1) is 0 Å². The lowest BCUT2D eigenvalue weighted by atomic mass is 10.1. The Morgan fingerprint density at radius 2 is 2.00 bits per heavy atom. The molecule has 8 heteroatoms. The van der Waals surface area contributed by atoms with Gasteiger partial charge in [0.1, 0.15) is 17.5 Å². The second-order valence-electron chi connectivity index (χ2n) is 7.12. The molecule has 3 N–H and O–H groups in total. The molecule has 0 saturated heterocycles. The van der Waals surface area contributed by atoms with Gasteiger partial charge in [0.15, 0.2) is 0 Å². The van der Waals surface area contributed by atoms with E-state index in [1.807, 2.05) is 55.5 Å². The summed E-state index contributed by atoms with van der Waals surface area (Å²) >= 11 is 6.36. The lowest BCUT2D eigenvalue weighted by Gasteiger charge is -2.22. The van der Waals surface area contributed by atoms with Crippen LogP contribution in [-0.2, 0) is 6.54 Å². The van der Waals surface area contributed by atoms with Crippen molar-refractivity contribution in [3.05, 3.63) is 93.0 Å². The number of anilines is 2. The van der Waals surface area contributed by atoms with Gasteiger partial charge in [-0.25, -0.2) is 4.98 Å². The highest BCUT2D eigenvalue weighted by Crippen LogP contribution is 2.26. The molecule has 0 aliphatic rings. The minimum atomic E-state index is -0.360. The van der Waals surface area contributed by atoms with Crippen molar-refractivity contribution >= 4 is 34.1 Å². The van der Waals surface area contributed by atoms with Gasteiger partial charge in [0.2, 0.25) is 5.95 Å². The third-order valence-corrected chi connectivity index (χ3v) is 5.34. The van der Waals surface area contributed by atoms with Crippen LogP contribution in [-0.4, -0.2) is 14.5 Å². The summed E-state index contributed by atoms with van der Waals surface area (Å²) in [4.78, 5) is 21.5. The quantitative estimate of drug-likeness (QED) is 0.492. The number of hydrogen-bond donors (Lipinski definition) is 2. The molecule has 2 heterocycles. The minimum Gasteiger partial charge on any atom is -0.368 e. The molecule has 2 aromatic heterocycles. The first-order chi connectivity index (χ1) is 15.0. The normalized spacial score (nSPS) is 11.8. The molecule has 0 radical (unpaired) electrons. The van der Waals surface area contributed by atoms with Crippen molar-refractivity contribution in [2.24, 2.45) is 0 Å². The summed E-state index contributed by atoms with van der Waals surface area (Å²) in [5.41, 5.74) is 7.49. The van der Waals surface area contributed by atoms with Gasteiger partial charge in [-0.2, -0.15) is 10.2 Å². The Balaban J connectivity index is 1.86. The average molecular weight is 431 g/mol. The molecule has 4 aromatic rings. The SMILES string of the molecule is CC(Nc1nc(N)ncc1C#N)c1cc2cccc(Cl)c2c(=O)n1Cc1ccccc1. The number of fused-ring (bicyclic) bond motifs is 1. The van der Waals surface area contributed by atoms with E-state index in [9.17, 15) is 10.1 Å². The van der Waals surface area contributed by atoms with Crippen LogP contribution in [0.25, 0.3) is 10.8 Å². The van der Waals surface area contributed by atoms with Crippen LogP contribution in [0.3, 0.4) is 0 Å². The standard InChI is InChI=1S/C23H19ClN6O/c1-14(28-21-17(11-25)12-27-23(26)29-21)19-10-16-8-5-9-18(24)20(16)22(31)30(19)13-15-6-3-2-4-7-15/h2-10,12,14H,13H2,1H3,(H3,26,27,28,29). The first kappa shape index (κ1) is 20.4. The second kappa shape index (κ2) is 8.46. The molecule has 0 amide bonds. The lowest BCUT2D eigenvalue weighted by Crippen LogP contribution is -2.27. The number of pyridine rings is 1. The Bertz CT molecular complexity index is 1360.